The van der Waals surface area contributed by atoms with Crippen LogP contribution in [-0.2, 0) is 9.59 Å². The minimum Gasteiger partial charge on any atom is -0.486 e. The van der Waals surface area contributed by atoms with Gasteiger partial charge in [0.05, 0.1) is 11.4 Å². The first-order valence-corrected chi connectivity index (χ1v) is 10.2. The number of ether oxygens (including phenoxy) is 2. The lowest BCUT2D eigenvalue weighted by molar-refractivity contribution is -0.121. The smallest absolute Gasteiger partial charge is 0.261 e. The summed E-state index contributed by atoms with van der Waals surface area (Å²) in [6.45, 7) is 0.972. The minimum absolute atomic E-state index is 0.0242. The molecule has 0 radical (unpaired) electrons. The Bertz CT molecular complexity index is 982. The summed E-state index contributed by atoms with van der Waals surface area (Å²) in [6.07, 6.45) is 0.830. The van der Waals surface area contributed by atoms with Gasteiger partial charge in [-0.1, -0.05) is 23.9 Å². The average molecular weight is 447 g/mol. The summed E-state index contributed by atoms with van der Waals surface area (Å²) >= 11 is 4.93. The van der Waals surface area contributed by atoms with E-state index >= 15 is 0 Å². The lowest BCUT2D eigenvalue weighted by atomic mass is 10.1. The number of carbonyl (C=O) groups excluding carboxylic acids is 2. The fourth-order valence-corrected chi connectivity index (χ4v) is 5.51. The third-order valence-corrected chi connectivity index (χ3v) is 7.04. The first kappa shape index (κ1) is 16.9. The number of carbonyl (C=O) groups is 2. The van der Waals surface area contributed by atoms with Crippen molar-refractivity contribution in [1.29, 1.82) is 0 Å². The maximum absolute atomic E-state index is 13.3. The van der Waals surface area contributed by atoms with E-state index in [1.165, 1.54) is 11.8 Å². The Balaban J connectivity index is 1.49. The molecule has 0 spiro atoms. The van der Waals surface area contributed by atoms with Gasteiger partial charge in [0.15, 0.2) is 16.4 Å². The van der Waals surface area contributed by atoms with Crippen LogP contribution in [0.25, 0.3) is 0 Å². The van der Waals surface area contributed by atoms with Gasteiger partial charge in [0, 0.05) is 27.9 Å². The molecule has 0 saturated carbocycles. The Morgan fingerprint density at radius 3 is 2.74 bits per heavy atom. The van der Waals surface area contributed by atoms with E-state index in [9.17, 15) is 9.59 Å². The number of rotatable bonds is 2. The number of anilines is 2. The van der Waals surface area contributed by atoms with Gasteiger partial charge in [0.2, 0.25) is 5.91 Å². The van der Waals surface area contributed by atoms with Crippen molar-refractivity contribution in [3.05, 3.63) is 40.9 Å². The Hall–Kier alpha value is -2.19. The van der Waals surface area contributed by atoms with Gasteiger partial charge < -0.3 is 14.8 Å². The number of nitrogens with one attached hydrogen (secondary N) is 1. The molecule has 0 aromatic heterocycles. The number of fused-ring (bicyclic) bond motifs is 4. The summed E-state index contributed by atoms with van der Waals surface area (Å²) in [7, 11) is 0. The molecule has 2 aromatic rings. The van der Waals surface area contributed by atoms with E-state index < -0.39 is 4.87 Å². The Labute approximate surface area is 168 Å². The zero-order valence-electron chi connectivity index (χ0n) is 14.2. The van der Waals surface area contributed by atoms with Crippen molar-refractivity contribution < 1.29 is 19.1 Å². The molecule has 1 N–H and O–H groups in total. The van der Waals surface area contributed by atoms with Crippen LogP contribution in [0.4, 0.5) is 11.4 Å². The number of hydrogen-bond acceptors (Lipinski definition) is 5. The van der Waals surface area contributed by atoms with Crippen LogP contribution in [-0.4, -0.2) is 29.9 Å². The van der Waals surface area contributed by atoms with E-state index in [4.69, 9.17) is 9.47 Å². The third kappa shape index (κ3) is 2.54. The fourth-order valence-electron chi connectivity index (χ4n) is 3.68. The normalized spacial score (nSPS) is 22.4. The first-order chi connectivity index (χ1) is 13.1. The second kappa shape index (κ2) is 6.17. The molecule has 2 amide bonds. The Morgan fingerprint density at radius 1 is 1.19 bits per heavy atom. The van der Waals surface area contributed by atoms with Crippen molar-refractivity contribution in [2.45, 2.75) is 22.6 Å². The van der Waals surface area contributed by atoms with Crippen LogP contribution >= 0.6 is 27.7 Å². The Morgan fingerprint density at radius 2 is 1.93 bits per heavy atom. The van der Waals surface area contributed by atoms with E-state index in [1.54, 1.807) is 17.0 Å². The second-order valence-electron chi connectivity index (χ2n) is 6.51. The summed E-state index contributed by atoms with van der Waals surface area (Å²) in [4.78, 5) is 27.5. The van der Waals surface area contributed by atoms with Crippen molar-refractivity contribution in [1.82, 2.24) is 0 Å². The van der Waals surface area contributed by atoms with Crippen molar-refractivity contribution in [3.8, 4) is 11.5 Å². The predicted octanol–water partition coefficient (Wildman–Crippen LogP) is 3.79. The highest BCUT2D eigenvalue weighted by molar-refractivity contribution is 9.10. The van der Waals surface area contributed by atoms with Gasteiger partial charge in [-0.05, 0) is 34.5 Å². The molecule has 1 saturated heterocycles. The molecule has 1 atom stereocenters. The standard InChI is InChI=1S/C19H15BrN2O4S/c20-11-9-14-15(26-8-7-25-14)10-12(11)21-18(24)19-6-5-17(23)22(19)13-3-1-2-4-16(13)27-19/h1-4,9-10H,5-8H2,(H,21,24)/t19-/m0/s1. The molecular weight excluding hydrogens is 432 g/mol. The van der Waals surface area contributed by atoms with Crippen molar-refractivity contribution in [2.75, 3.05) is 23.4 Å². The molecular formula is C19H15BrN2O4S. The number of amides is 2. The van der Waals surface area contributed by atoms with Crippen molar-refractivity contribution in [3.63, 3.8) is 0 Å². The molecule has 6 nitrogen and oxygen atoms in total. The number of nitrogens with zero attached hydrogens (tertiary/aromatic N) is 1. The van der Waals surface area contributed by atoms with E-state index in [0.717, 1.165) is 10.6 Å². The largest absolute Gasteiger partial charge is 0.486 e. The van der Waals surface area contributed by atoms with E-state index in [0.29, 0.717) is 47.7 Å². The van der Waals surface area contributed by atoms with E-state index in [1.807, 2.05) is 24.3 Å². The summed E-state index contributed by atoms with van der Waals surface area (Å²) in [5.74, 6) is 0.999. The molecule has 0 unspecified atom stereocenters. The second-order valence-corrected chi connectivity index (χ2v) is 8.69. The Kier molecular flexibility index (Phi) is 3.87. The van der Waals surface area contributed by atoms with Crippen LogP contribution in [0.1, 0.15) is 12.8 Å². The van der Waals surface area contributed by atoms with E-state index in [-0.39, 0.29) is 11.8 Å². The zero-order chi connectivity index (χ0) is 18.6. The predicted molar refractivity (Wildman–Crippen MR) is 106 cm³/mol. The number of thioether (sulfide) groups is 1. The average Bonchev–Trinajstić information content (AvgIpc) is 3.18. The van der Waals surface area contributed by atoms with Crippen LogP contribution in [0, 0.1) is 0 Å². The van der Waals surface area contributed by atoms with Gasteiger partial charge in [-0.15, -0.1) is 0 Å². The molecule has 138 valence electrons. The molecule has 3 aliphatic heterocycles. The van der Waals surface area contributed by atoms with E-state index in [2.05, 4.69) is 21.2 Å². The molecule has 5 rings (SSSR count). The number of para-hydroxylation sites is 1. The third-order valence-electron chi connectivity index (χ3n) is 4.91. The molecule has 1 fully saturated rings. The number of benzene rings is 2. The van der Waals surface area contributed by atoms with Crippen molar-refractivity contribution >= 4 is 50.9 Å². The molecule has 3 aliphatic rings. The molecule has 2 aromatic carbocycles. The highest BCUT2D eigenvalue weighted by Gasteiger charge is 2.57. The highest BCUT2D eigenvalue weighted by Crippen LogP contribution is 2.56. The van der Waals surface area contributed by atoms with Crippen molar-refractivity contribution in [2.24, 2.45) is 0 Å². The molecule has 0 aliphatic carbocycles. The van der Waals surface area contributed by atoms with Gasteiger partial charge in [-0.25, -0.2) is 0 Å². The van der Waals surface area contributed by atoms with Crippen LogP contribution in [0.2, 0.25) is 0 Å². The van der Waals surface area contributed by atoms with Gasteiger partial charge >= 0.3 is 0 Å². The topological polar surface area (TPSA) is 67.9 Å². The molecule has 27 heavy (non-hydrogen) atoms. The summed E-state index contributed by atoms with van der Waals surface area (Å²) in [5, 5.41) is 2.98. The summed E-state index contributed by atoms with van der Waals surface area (Å²) in [6, 6.07) is 11.2. The zero-order valence-corrected chi connectivity index (χ0v) is 16.6. The van der Waals surface area contributed by atoms with Crippen LogP contribution in [0.15, 0.2) is 45.8 Å². The van der Waals surface area contributed by atoms with Gasteiger partial charge in [0.25, 0.3) is 5.91 Å². The first-order valence-electron chi connectivity index (χ1n) is 8.60. The summed E-state index contributed by atoms with van der Waals surface area (Å²) < 4.78 is 11.9. The maximum Gasteiger partial charge on any atom is 0.261 e. The highest BCUT2D eigenvalue weighted by atomic mass is 79.9. The van der Waals surface area contributed by atoms with Gasteiger partial charge in [-0.2, -0.15) is 0 Å². The van der Waals surface area contributed by atoms with Crippen LogP contribution in [0.5, 0.6) is 11.5 Å². The molecule has 0 bridgehead atoms. The van der Waals surface area contributed by atoms with Crippen LogP contribution in [0.3, 0.4) is 0 Å². The molecule has 3 heterocycles. The van der Waals surface area contributed by atoms with Crippen LogP contribution < -0.4 is 19.7 Å². The minimum atomic E-state index is -0.951. The fraction of sp³-hybridized carbons (Fsp3) is 0.263. The molecule has 8 heteroatoms. The maximum atomic E-state index is 13.3. The quantitative estimate of drug-likeness (QED) is 0.759. The SMILES string of the molecule is O=C1CC[C@@]2(C(=O)Nc3cc4c(cc3Br)OCCO4)Sc3ccccc3N12. The monoisotopic (exact) mass is 446 g/mol. The lowest BCUT2D eigenvalue weighted by Gasteiger charge is -2.30. The van der Waals surface area contributed by atoms with Gasteiger partial charge in [0.1, 0.15) is 13.2 Å². The number of hydrogen-bond donors (Lipinski definition) is 1. The lowest BCUT2D eigenvalue weighted by Crippen LogP contribution is -2.49. The number of halogens is 1. The van der Waals surface area contributed by atoms with Gasteiger partial charge in [-0.3, -0.25) is 14.5 Å². The summed E-state index contributed by atoms with van der Waals surface area (Å²) in [5.41, 5.74) is 1.40.